The lowest BCUT2D eigenvalue weighted by Crippen LogP contribution is -2.32. The summed E-state index contributed by atoms with van der Waals surface area (Å²) < 4.78 is 40.7. The van der Waals surface area contributed by atoms with Gasteiger partial charge in [0, 0.05) is 24.5 Å². The minimum atomic E-state index is -3.93. The monoisotopic (exact) mass is 348 g/mol. The fraction of sp³-hybridized carbons (Fsp3) is 0.333. The van der Waals surface area contributed by atoms with Gasteiger partial charge < -0.3 is 4.90 Å². The number of hydrogen-bond donors (Lipinski definition) is 1. The van der Waals surface area contributed by atoms with Gasteiger partial charge in [-0.05, 0) is 55.2 Å². The van der Waals surface area contributed by atoms with Crippen molar-refractivity contribution in [3.05, 3.63) is 54.3 Å². The average Bonchev–Trinajstić information content (AvgIpc) is 2.56. The van der Waals surface area contributed by atoms with Crippen LogP contribution in [-0.2, 0) is 10.0 Å². The van der Waals surface area contributed by atoms with Crippen LogP contribution in [0.15, 0.2) is 53.4 Å². The summed E-state index contributed by atoms with van der Waals surface area (Å²) in [6.45, 7) is 4.29. The summed E-state index contributed by atoms with van der Waals surface area (Å²) in [6, 6.07) is 12.6. The smallest absolute Gasteiger partial charge is 0.264 e. The quantitative estimate of drug-likeness (QED) is 0.913. The second-order valence-electron chi connectivity index (χ2n) is 6.25. The van der Waals surface area contributed by atoms with Crippen LogP contribution in [0.1, 0.15) is 19.8 Å². The fourth-order valence-corrected chi connectivity index (χ4v) is 4.02. The number of halogens is 1. The Morgan fingerprint density at radius 3 is 2.29 bits per heavy atom. The molecule has 2 aromatic carbocycles. The molecule has 24 heavy (non-hydrogen) atoms. The van der Waals surface area contributed by atoms with Gasteiger partial charge >= 0.3 is 0 Å². The molecule has 1 heterocycles. The van der Waals surface area contributed by atoms with Gasteiger partial charge in [-0.3, -0.25) is 4.72 Å². The maximum absolute atomic E-state index is 13.7. The molecule has 0 aliphatic carbocycles. The average molecular weight is 348 g/mol. The number of anilines is 2. The molecule has 3 rings (SSSR count). The molecule has 0 radical (unpaired) electrons. The van der Waals surface area contributed by atoms with Gasteiger partial charge in [0.1, 0.15) is 10.7 Å². The summed E-state index contributed by atoms with van der Waals surface area (Å²) in [5.74, 6) is -0.00263. The number of sulfonamides is 1. The Balaban J connectivity index is 1.73. The van der Waals surface area contributed by atoms with E-state index in [0.29, 0.717) is 5.69 Å². The molecule has 4 nitrogen and oxygen atoms in total. The largest absolute Gasteiger partial charge is 0.372 e. The third kappa shape index (κ3) is 3.70. The Kier molecular flexibility index (Phi) is 4.76. The van der Waals surface area contributed by atoms with Gasteiger partial charge in [0.15, 0.2) is 0 Å². The molecule has 1 saturated heterocycles. The summed E-state index contributed by atoms with van der Waals surface area (Å²) in [4.78, 5) is 1.95. The van der Waals surface area contributed by atoms with Crippen LogP contribution in [-0.4, -0.2) is 21.5 Å². The van der Waals surface area contributed by atoms with Crippen molar-refractivity contribution in [2.24, 2.45) is 5.92 Å². The van der Waals surface area contributed by atoms with Crippen LogP contribution in [0.4, 0.5) is 15.8 Å². The third-order valence-corrected chi connectivity index (χ3v) is 5.81. The van der Waals surface area contributed by atoms with E-state index in [4.69, 9.17) is 0 Å². The molecule has 0 bridgehead atoms. The van der Waals surface area contributed by atoms with E-state index >= 15 is 0 Å². The van der Waals surface area contributed by atoms with Crippen molar-refractivity contribution < 1.29 is 12.8 Å². The predicted octanol–water partition coefficient (Wildman–Crippen LogP) is 3.86. The molecule has 0 unspecified atom stereocenters. The maximum atomic E-state index is 13.7. The van der Waals surface area contributed by atoms with Gasteiger partial charge in [-0.1, -0.05) is 19.1 Å². The van der Waals surface area contributed by atoms with Gasteiger partial charge in [0.2, 0.25) is 0 Å². The van der Waals surface area contributed by atoms with Crippen molar-refractivity contribution in [3.63, 3.8) is 0 Å². The van der Waals surface area contributed by atoms with Crippen LogP contribution in [0.3, 0.4) is 0 Å². The molecule has 0 aromatic heterocycles. The molecule has 0 atom stereocenters. The van der Waals surface area contributed by atoms with Crippen LogP contribution in [0.5, 0.6) is 0 Å². The van der Waals surface area contributed by atoms with Crippen molar-refractivity contribution in [3.8, 4) is 0 Å². The summed E-state index contributed by atoms with van der Waals surface area (Å²) in [5.41, 5.74) is 1.50. The Morgan fingerprint density at radius 1 is 1.04 bits per heavy atom. The van der Waals surface area contributed by atoms with Crippen LogP contribution in [0.25, 0.3) is 0 Å². The number of piperidine rings is 1. The lowest BCUT2D eigenvalue weighted by Gasteiger charge is -2.32. The van der Waals surface area contributed by atoms with Crippen molar-refractivity contribution in [2.45, 2.75) is 24.7 Å². The van der Waals surface area contributed by atoms with Gasteiger partial charge in [-0.2, -0.15) is 0 Å². The SMILES string of the molecule is CC1CCN(c2ccc(NS(=O)(=O)c3ccccc3F)cc2)CC1. The van der Waals surface area contributed by atoms with Crippen molar-refractivity contribution >= 4 is 21.4 Å². The van der Waals surface area contributed by atoms with Crippen LogP contribution in [0, 0.1) is 11.7 Å². The third-order valence-electron chi connectivity index (χ3n) is 4.39. The second kappa shape index (κ2) is 6.81. The molecule has 1 N–H and O–H groups in total. The summed E-state index contributed by atoms with van der Waals surface area (Å²) in [6.07, 6.45) is 2.34. The molecule has 0 amide bonds. The molecular weight excluding hydrogens is 327 g/mol. The topological polar surface area (TPSA) is 49.4 Å². The molecule has 1 aliphatic rings. The van der Waals surface area contributed by atoms with E-state index in [1.807, 2.05) is 12.1 Å². The van der Waals surface area contributed by atoms with Crippen molar-refractivity contribution in [1.82, 2.24) is 0 Å². The highest BCUT2D eigenvalue weighted by molar-refractivity contribution is 7.92. The standard InChI is InChI=1S/C18H21FN2O2S/c1-14-10-12-21(13-11-14)16-8-6-15(7-9-16)20-24(22,23)18-5-3-2-4-17(18)19/h2-9,14,20H,10-13H2,1H3. The highest BCUT2D eigenvalue weighted by atomic mass is 32.2. The summed E-state index contributed by atoms with van der Waals surface area (Å²) in [5, 5.41) is 0. The number of hydrogen-bond acceptors (Lipinski definition) is 3. The molecule has 6 heteroatoms. The zero-order valence-corrected chi connectivity index (χ0v) is 14.4. The Hall–Kier alpha value is -2.08. The first kappa shape index (κ1) is 16.8. The normalized spacial score (nSPS) is 16.2. The molecule has 0 spiro atoms. The lowest BCUT2D eigenvalue weighted by molar-refractivity contribution is 0.438. The molecule has 1 aliphatic heterocycles. The second-order valence-corrected chi connectivity index (χ2v) is 7.90. The minimum absolute atomic E-state index is 0.348. The van der Waals surface area contributed by atoms with Crippen LogP contribution < -0.4 is 9.62 Å². The van der Waals surface area contributed by atoms with E-state index in [-0.39, 0.29) is 4.90 Å². The first-order valence-corrected chi connectivity index (χ1v) is 9.56. The highest BCUT2D eigenvalue weighted by Crippen LogP contribution is 2.25. The molecule has 1 fully saturated rings. The number of nitrogens with zero attached hydrogens (tertiary/aromatic N) is 1. The first-order chi connectivity index (χ1) is 11.5. The zero-order valence-electron chi connectivity index (χ0n) is 13.6. The van der Waals surface area contributed by atoms with E-state index in [9.17, 15) is 12.8 Å². The molecule has 128 valence electrons. The van der Waals surface area contributed by atoms with Gasteiger partial charge in [0.05, 0.1) is 0 Å². The summed E-state index contributed by atoms with van der Waals surface area (Å²) in [7, 11) is -3.93. The Bertz CT molecular complexity index is 798. The van der Waals surface area contributed by atoms with E-state index in [0.717, 1.165) is 30.8 Å². The molecular formula is C18H21FN2O2S. The van der Waals surface area contributed by atoms with E-state index in [1.54, 1.807) is 12.1 Å². The molecule has 2 aromatic rings. The van der Waals surface area contributed by atoms with Crippen molar-refractivity contribution in [1.29, 1.82) is 0 Å². The van der Waals surface area contributed by atoms with E-state index < -0.39 is 15.8 Å². The summed E-state index contributed by atoms with van der Waals surface area (Å²) >= 11 is 0. The predicted molar refractivity (Wildman–Crippen MR) is 94.3 cm³/mol. The highest BCUT2D eigenvalue weighted by Gasteiger charge is 2.19. The van der Waals surface area contributed by atoms with Gasteiger partial charge in [-0.15, -0.1) is 0 Å². The minimum Gasteiger partial charge on any atom is -0.372 e. The Labute approximate surface area is 142 Å². The number of nitrogens with one attached hydrogen (secondary N) is 1. The number of rotatable bonds is 4. The van der Waals surface area contributed by atoms with Crippen LogP contribution in [0.2, 0.25) is 0 Å². The Morgan fingerprint density at radius 2 is 1.67 bits per heavy atom. The number of benzene rings is 2. The van der Waals surface area contributed by atoms with Crippen molar-refractivity contribution in [2.75, 3.05) is 22.7 Å². The first-order valence-electron chi connectivity index (χ1n) is 8.08. The van der Waals surface area contributed by atoms with E-state index in [2.05, 4.69) is 16.5 Å². The molecule has 0 saturated carbocycles. The van der Waals surface area contributed by atoms with Gasteiger partial charge in [-0.25, -0.2) is 12.8 Å². The fourth-order valence-electron chi connectivity index (χ4n) is 2.88. The van der Waals surface area contributed by atoms with Crippen LogP contribution >= 0.6 is 0 Å². The maximum Gasteiger partial charge on any atom is 0.264 e. The van der Waals surface area contributed by atoms with E-state index in [1.165, 1.54) is 31.0 Å². The zero-order chi connectivity index (χ0) is 17.2. The lowest BCUT2D eigenvalue weighted by atomic mass is 9.99. The van der Waals surface area contributed by atoms with Gasteiger partial charge in [0.25, 0.3) is 10.0 Å².